The van der Waals surface area contributed by atoms with Crippen LogP contribution in [0.25, 0.3) is 0 Å². The van der Waals surface area contributed by atoms with E-state index in [4.69, 9.17) is 10.00 Å². The smallest absolute Gasteiger partial charge is 0.492 e. The second-order valence-corrected chi connectivity index (χ2v) is 6.09. The third kappa shape index (κ3) is 5.92. The van der Waals surface area contributed by atoms with Crippen LogP contribution in [0.2, 0.25) is 0 Å². The molecule has 23 heavy (non-hydrogen) atoms. The van der Waals surface area contributed by atoms with Gasteiger partial charge in [-0.3, -0.25) is 4.90 Å². The molecular weight excluding hydrogens is 377 g/mol. The van der Waals surface area contributed by atoms with Gasteiger partial charge in [-0.2, -0.15) is 5.26 Å². The molecule has 0 spiro atoms. The Hall–Kier alpha value is -1.46. The highest BCUT2D eigenvalue weighted by atomic mass is 79.9. The highest BCUT2D eigenvalue weighted by molar-refractivity contribution is 9.10. The lowest BCUT2D eigenvalue weighted by atomic mass is 9.99. The van der Waals surface area contributed by atoms with E-state index >= 15 is 0 Å². The van der Waals surface area contributed by atoms with Crippen molar-refractivity contribution in [2.24, 2.45) is 5.92 Å². The first kappa shape index (κ1) is 17.9. The van der Waals surface area contributed by atoms with Crippen LogP contribution in [-0.2, 0) is 0 Å². The average Bonchev–Trinajstić information content (AvgIpc) is 2.50. The average molecular weight is 393 g/mol. The lowest BCUT2D eigenvalue weighted by Gasteiger charge is -2.28. The van der Waals surface area contributed by atoms with Gasteiger partial charge in [-0.05, 0) is 54.0 Å². The zero-order valence-electron chi connectivity index (χ0n) is 12.3. The van der Waals surface area contributed by atoms with E-state index in [9.17, 15) is 13.2 Å². The van der Waals surface area contributed by atoms with Gasteiger partial charge >= 0.3 is 6.36 Å². The van der Waals surface area contributed by atoms with Crippen molar-refractivity contribution in [3.8, 4) is 17.6 Å². The summed E-state index contributed by atoms with van der Waals surface area (Å²) < 4.78 is 46.5. The summed E-state index contributed by atoms with van der Waals surface area (Å²) in [6, 6.07) is 6.51. The van der Waals surface area contributed by atoms with Crippen molar-refractivity contribution < 1.29 is 22.6 Å². The van der Waals surface area contributed by atoms with Crippen LogP contribution in [0.5, 0.6) is 11.5 Å². The maximum Gasteiger partial charge on any atom is 0.573 e. The minimum Gasteiger partial charge on any atom is -0.492 e. The van der Waals surface area contributed by atoms with Gasteiger partial charge in [0.25, 0.3) is 0 Å². The highest BCUT2D eigenvalue weighted by Crippen LogP contribution is 2.33. The Morgan fingerprint density at radius 3 is 2.61 bits per heavy atom. The molecule has 1 heterocycles. The summed E-state index contributed by atoms with van der Waals surface area (Å²) in [6.45, 7) is 2.71. The summed E-state index contributed by atoms with van der Waals surface area (Å²) in [4.78, 5) is 2.18. The summed E-state index contributed by atoms with van der Waals surface area (Å²) >= 11 is 3.01. The fourth-order valence-electron chi connectivity index (χ4n) is 2.35. The highest BCUT2D eigenvalue weighted by Gasteiger charge is 2.32. The maximum atomic E-state index is 12.3. The van der Waals surface area contributed by atoms with Crippen molar-refractivity contribution in [1.82, 2.24) is 4.90 Å². The lowest BCUT2D eigenvalue weighted by Crippen LogP contribution is -2.36. The van der Waals surface area contributed by atoms with Crippen LogP contribution in [-0.4, -0.2) is 37.5 Å². The minimum absolute atomic E-state index is 0.126. The van der Waals surface area contributed by atoms with Crippen molar-refractivity contribution in [1.29, 1.82) is 5.26 Å². The Bertz CT molecular complexity index is 567. The van der Waals surface area contributed by atoms with Gasteiger partial charge in [-0.25, -0.2) is 0 Å². The molecule has 0 aliphatic carbocycles. The normalized spacial score (nSPS) is 16.8. The number of benzene rings is 1. The van der Waals surface area contributed by atoms with Gasteiger partial charge in [0, 0.05) is 18.5 Å². The fourth-order valence-corrected chi connectivity index (χ4v) is 2.68. The molecule has 1 aromatic rings. The number of hydrogen-bond acceptors (Lipinski definition) is 4. The minimum atomic E-state index is -4.74. The van der Waals surface area contributed by atoms with Gasteiger partial charge < -0.3 is 9.47 Å². The third-order valence-electron chi connectivity index (χ3n) is 3.57. The number of rotatable bonds is 5. The first-order valence-corrected chi connectivity index (χ1v) is 7.97. The second kappa shape index (κ2) is 7.88. The summed E-state index contributed by atoms with van der Waals surface area (Å²) in [7, 11) is 0. The molecule has 1 fully saturated rings. The molecule has 4 nitrogen and oxygen atoms in total. The van der Waals surface area contributed by atoms with Gasteiger partial charge in [0.15, 0.2) is 0 Å². The molecule has 1 saturated heterocycles. The van der Waals surface area contributed by atoms with E-state index in [1.807, 2.05) is 0 Å². The van der Waals surface area contributed by atoms with E-state index in [1.54, 1.807) is 6.07 Å². The predicted octanol–water partition coefficient (Wildman–Crippen LogP) is 3.96. The van der Waals surface area contributed by atoms with Crippen molar-refractivity contribution in [3.05, 3.63) is 22.7 Å². The van der Waals surface area contributed by atoms with E-state index < -0.39 is 6.36 Å². The molecule has 0 aromatic heterocycles. The molecule has 1 aliphatic heterocycles. The predicted molar refractivity (Wildman–Crippen MR) is 81.1 cm³/mol. The Morgan fingerprint density at radius 2 is 2.00 bits per heavy atom. The molecule has 0 bridgehead atoms. The first-order chi connectivity index (χ1) is 10.9. The molecule has 0 atom stereocenters. The standard InChI is InChI=1S/C15H16BrF3N2O2/c16-13-2-1-12(9-14(13)23-15(17,18)19)22-8-7-21-5-3-11(10-20)4-6-21/h1-2,9,11H,3-8H2. The van der Waals surface area contributed by atoms with Crippen LogP contribution in [0, 0.1) is 17.2 Å². The summed E-state index contributed by atoms with van der Waals surface area (Å²) in [6.07, 6.45) is -3.05. The molecule has 0 unspecified atom stereocenters. The quantitative estimate of drug-likeness (QED) is 0.760. The number of nitriles is 1. The van der Waals surface area contributed by atoms with Crippen LogP contribution < -0.4 is 9.47 Å². The van der Waals surface area contributed by atoms with Gasteiger partial charge in [0.2, 0.25) is 0 Å². The van der Waals surface area contributed by atoms with Gasteiger partial charge in [-0.15, -0.1) is 13.2 Å². The summed E-state index contributed by atoms with van der Waals surface area (Å²) in [5.74, 6) is 0.116. The number of hydrogen-bond donors (Lipinski definition) is 0. The summed E-state index contributed by atoms with van der Waals surface area (Å²) in [5, 5.41) is 8.84. The zero-order chi connectivity index (χ0) is 16.9. The topological polar surface area (TPSA) is 45.5 Å². The van der Waals surface area contributed by atoms with E-state index in [0.717, 1.165) is 25.9 Å². The van der Waals surface area contributed by atoms with Crippen LogP contribution in [0.3, 0.4) is 0 Å². The fraction of sp³-hybridized carbons (Fsp3) is 0.533. The monoisotopic (exact) mass is 392 g/mol. The molecule has 8 heteroatoms. The number of likely N-dealkylation sites (tertiary alicyclic amines) is 1. The SMILES string of the molecule is N#CC1CCN(CCOc2ccc(Br)c(OC(F)(F)F)c2)CC1. The molecule has 2 rings (SSSR count). The van der Waals surface area contributed by atoms with Crippen LogP contribution in [0.1, 0.15) is 12.8 Å². The van der Waals surface area contributed by atoms with E-state index in [2.05, 4.69) is 31.6 Å². The second-order valence-electron chi connectivity index (χ2n) is 5.23. The van der Waals surface area contributed by atoms with E-state index in [1.165, 1.54) is 12.1 Å². The molecular formula is C15H16BrF3N2O2. The Balaban J connectivity index is 1.82. The van der Waals surface area contributed by atoms with Crippen LogP contribution >= 0.6 is 15.9 Å². The van der Waals surface area contributed by atoms with Gasteiger partial charge in [0.1, 0.15) is 18.1 Å². The number of piperidine rings is 1. The van der Waals surface area contributed by atoms with Gasteiger partial charge in [-0.1, -0.05) is 0 Å². The molecule has 0 amide bonds. The Morgan fingerprint density at radius 1 is 1.30 bits per heavy atom. The molecule has 126 valence electrons. The van der Waals surface area contributed by atoms with E-state index in [-0.39, 0.29) is 16.1 Å². The van der Waals surface area contributed by atoms with Crippen molar-refractivity contribution >= 4 is 15.9 Å². The maximum absolute atomic E-state index is 12.3. The number of halogens is 4. The van der Waals surface area contributed by atoms with Crippen molar-refractivity contribution in [2.45, 2.75) is 19.2 Å². The van der Waals surface area contributed by atoms with E-state index in [0.29, 0.717) is 18.9 Å². The van der Waals surface area contributed by atoms with Crippen LogP contribution in [0.4, 0.5) is 13.2 Å². The Labute approximate surface area is 140 Å². The molecule has 0 N–H and O–H groups in total. The third-order valence-corrected chi connectivity index (χ3v) is 4.23. The van der Waals surface area contributed by atoms with Crippen molar-refractivity contribution in [3.63, 3.8) is 0 Å². The molecule has 1 aromatic carbocycles. The van der Waals surface area contributed by atoms with Crippen LogP contribution in [0.15, 0.2) is 22.7 Å². The van der Waals surface area contributed by atoms with Crippen molar-refractivity contribution in [2.75, 3.05) is 26.2 Å². The zero-order valence-corrected chi connectivity index (χ0v) is 13.9. The number of ether oxygens (including phenoxy) is 2. The first-order valence-electron chi connectivity index (χ1n) is 7.17. The number of nitrogens with zero attached hydrogens (tertiary/aromatic N) is 2. The molecule has 0 saturated carbocycles. The summed E-state index contributed by atoms with van der Waals surface area (Å²) in [5.41, 5.74) is 0. The molecule has 1 aliphatic rings. The number of alkyl halides is 3. The lowest BCUT2D eigenvalue weighted by molar-refractivity contribution is -0.274. The Kier molecular flexibility index (Phi) is 6.13. The largest absolute Gasteiger partial charge is 0.573 e. The molecule has 0 radical (unpaired) electrons. The van der Waals surface area contributed by atoms with Gasteiger partial charge in [0.05, 0.1) is 10.5 Å².